The van der Waals surface area contributed by atoms with Gasteiger partial charge in [0.05, 0.1) is 15.6 Å². The average Bonchev–Trinajstić information content (AvgIpc) is 2.12. The summed E-state index contributed by atoms with van der Waals surface area (Å²) in [5.41, 5.74) is 0.289. The van der Waals surface area contributed by atoms with Gasteiger partial charge in [0.15, 0.2) is 0 Å². The summed E-state index contributed by atoms with van der Waals surface area (Å²) in [7, 11) is 0. The van der Waals surface area contributed by atoms with E-state index in [1.807, 2.05) is 0 Å². The van der Waals surface area contributed by atoms with E-state index in [1.165, 1.54) is 0 Å². The molecule has 0 amide bonds. The molecule has 72 valence electrons. The molecule has 0 fully saturated rings. The lowest BCUT2D eigenvalue weighted by Gasteiger charge is -2.04. The molecule has 14 heavy (non-hydrogen) atoms. The Morgan fingerprint density at radius 1 is 1.14 bits per heavy atom. The number of hydrogen-bond acceptors (Lipinski definition) is 3. The smallest absolute Gasteiger partial charge is 0.215 e. The van der Waals surface area contributed by atoms with Gasteiger partial charge in [0.1, 0.15) is 5.75 Å². The molecule has 2 N–H and O–H groups in total. The number of aromatic hydroxyl groups is 2. The van der Waals surface area contributed by atoms with Crippen molar-refractivity contribution in [2.45, 2.75) is 0 Å². The zero-order valence-corrected chi connectivity index (χ0v) is 8.34. The van der Waals surface area contributed by atoms with Gasteiger partial charge in [0, 0.05) is 11.5 Å². The predicted molar refractivity (Wildman–Crippen MR) is 55.1 cm³/mol. The van der Waals surface area contributed by atoms with Gasteiger partial charge in [-0.15, -0.1) is 0 Å². The topological polar surface area (TPSA) is 53.4 Å². The van der Waals surface area contributed by atoms with Crippen molar-refractivity contribution in [1.82, 2.24) is 4.98 Å². The molecule has 0 saturated heterocycles. The van der Waals surface area contributed by atoms with Crippen LogP contribution in [0.2, 0.25) is 10.0 Å². The van der Waals surface area contributed by atoms with E-state index in [-0.39, 0.29) is 22.2 Å². The molecule has 3 nitrogen and oxygen atoms in total. The van der Waals surface area contributed by atoms with Crippen molar-refractivity contribution in [3.63, 3.8) is 0 Å². The number of rotatable bonds is 0. The molecule has 0 radical (unpaired) electrons. The maximum absolute atomic E-state index is 9.47. The molecule has 0 saturated carbocycles. The number of aromatic nitrogens is 1. The Morgan fingerprint density at radius 2 is 1.86 bits per heavy atom. The van der Waals surface area contributed by atoms with E-state index in [0.717, 1.165) is 6.07 Å². The molecule has 0 atom stereocenters. The number of halogens is 2. The van der Waals surface area contributed by atoms with Crippen LogP contribution < -0.4 is 0 Å². The Bertz CT molecular complexity index is 514. The van der Waals surface area contributed by atoms with Gasteiger partial charge >= 0.3 is 0 Å². The highest BCUT2D eigenvalue weighted by atomic mass is 35.5. The zero-order chi connectivity index (χ0) is 10.3. The molecule has 1 heterocycles. The van der Waals surface area contributed by atoms with Gasteiger partial charge in [-0.1, -0.05) is 23.2 Å². The van der Waals surface area contributed by atoms with E-state index in [2.05, 4.69) is 4.98 Å². The summed E-state index contributed by atoms with van der Waals surface area (Å²) in [4.78, 5) is 3.78. The van der Waals surface area contributed by atoms with Gasteiger partial charge in [-0.2, -0.15) is 0 Å². The first-order valence-electron chi connectivity index (χ1n) is 3.76. The molecule has 0 aliphatic rings. The molecule has 1 aromatic heterocycles. The summed E-state index contributed by atoms with van der Waals surface area (Å²) in [5.74, 6) is -0.370. The Labute approximate surface area is 89.5 Å². The van der Waals surface area contributed by atoms with E-state index in [1.54, 1.807) is 12.1 Å². The Kier molecular flexibility index (Phi) is 2.13. The maximum Gasteiger partial charge on any atom is 0.215 e. The summed E-state index contributed by atoms with van der Waals surface area (Å²) < 4.78 is 0. The predicted octanol–water partition coefficient (Wildman–Crippen LogP) is 2.95. The monoisotopic (exact) mass is 229 g/mol. The lowest BCUT2D eigenvalue weighted by atomic mass is 10.2. The number of pyridine rings is 1. The van der Waals surface area contributed by atoms with Crippen molar-refractivity contribution in [2.24, 2.45) is 0 Å². The minimum Gasteiger partial charge on any atom is -0.507 e. The summed E-state index contributed by atoms with van der Waals surface area (Å²) in [5, 5.41) is 19.6. The van der Waals surface area contributed by atoms with Crippen LogP contribution in [0.4, 0.5) is 0 Å². The Hall–Kier alpha value is -1.19. The quantitative estimate of drug-likeness (QED) is 0.731. The van der Waals surface area contributed by atoms with Gasteiger partial charge in [-0.25, -0.2) is 4.98 Å². The van der Waals surface area contributed by atoms with Gasteiger partial charge in [0.2, 0.25) is 5.88 Å². The zero-order valence-electron chi connectivity index (χ0n) is 6.83. The highest BCUT2D eigenvalue weighted by molar-refractivity contribution is 6.45. The van der Waals surface area contributed by atoms with Crippen molar-refractivity contribution in [3.05, 3.63) is 28.2 Å². The summed E-state index contributed by atoms with van der Waals surface area (Å²) in [6, 6.07) is 4.29. The van der Waals surface area contributed by atoms with Gasteiger partial charge in [-0.3, -0.25) is 0 Å². The molecule has 0 bridgehead atoms. The van der Waals surface area contributed by atoms with Crippen molar-refractivity contribution in [2.75, 3.05) is 0 Å². The number of nitrogens with zero attached hydrogens (tertiary/aromatic N) is 1. The number of hydrogen-bond donors (Lipinski definition) is 2. The standard InChI is InChI=1S/C9H5Cl2NO2/c10-5-2-1-4-6(13)3-7(14)12-9(4)8(5)11/h1-3H,(H2,12,13,14). The first-order chi connectivity index (χ1) is 6.59. The molecule has 1 aromatic carbocycles. The third kappa shape index (κ3) is 1.35. The third-order valence-corrected chi connectivity index (χ3v) is 2.63. The molecule has 2 aromatic rings. The van der Waals surface area contributed by atoms with E-state index < -0.39 is 0 Å². The van der Waals surface area contributed by atoms with Crippen LogP contribution in [-0.2, 0) is 0 Å². The lowest BCUT2D eigenvalue weighted by Crippen LogP contribution is -1.82. The summed E-state index contributed by atoms with van der Waals surface area (Å²) in [6.45, 7) is 0. The molecular weight excluding hydrogens is 225 g/mol. The van der Waals surface area contributed by atoms with Crippen molar-refractivity contribution < 1.29 is 10.2 Å². The van der Waals surface area contributed by atoms with Crippen LogP contribution in [0.25, 0.3) is 10.9 Å². The second kappa shape index (κ2) is 3.19. The Balaban J connectivity index is 2.95. The molecule has 0 spiro atoms. The molecular formula is C9H5Cl2NO2. The van der Waals surface area contributed by atoms with Crippen LogP contribution in [0.5, 0.6) is 11.6 Å². The van der Waals surface area contributed by atoms with E-state index in [4.69, 9.17) is 28.3 Å². The van der Waals surface area contributed by atoms with Crippen molar-refractivity contribution in [1.29, 1.82) is 0 Å². The fourth-order valence-electron chi connectivity index (χ4n) is 1.20. The highest BCUT2D eigenvalue weighted by Crippen LogP contribution is 2.35. The summed E-state index contributed by atoms with van der Waals surface area (Å²) >= 11 is 11.6. The van der Waals surface area contributed by atoms with E-state index in [0.29, 0.717) is 10.4 Å². The maximum atomic E-state index is 9.47. The van der Waals surface area contributed by atoms with Crippen LogP contribution in [0.15, 0.2) is 18.2 Å². The van der Waals surface area contributed by atoms with Crippen molar-refractivity contribution in [3.8, 4) is 11.6 Å². The normalized spacial score (nSPS) is 10.7. The van der Waals surface area contributed by atoms with Gasteiger partial charge in [-0.05, 0) is 12.1 Å². The minimum absolute atomic E-state index is 0.0777. The van der Waals surface area contributed by atoms with Crippen LogP contribution >= 0.6 is 23.2 Å². The van der Waals surface area contributed by atoms with Crippen LogP contribution in [0, 0.1) is 0 Å². The SMILES string of the molecule is Oc1cc(O)c2ccc(Cl)c(Cl)c2n1. The largest absolute Gasteiger partial charge is 0.507 e. The first-order valence-corrected chi connectivity index (χ1v) is 4.52. The third-order valence-electron chi connectivity index (χ3n) is 1.84. The fraction of sp³-hybridized carbons (Fsp3) is 0. The number of benzene rings is 1. The molecule has 0 unspecified atom stereocenters. The van der Waals surface area contributed by atoms with Crippen LogP contribution in [-0.4, -0.2) is 15.2 Å². The molecule has 0 aliphatic carbocycles. The van der Waals surface area contributed by atoms with Crippen LogP contribution in [0.1, 0.15) is 0 Å². The molecule has 0 aliphatic heterocycles. The van der Waals surface area contributed by atoms with E-state index in [9.17, 15) is 5.11 Å². The second-order valence-corrected chi connectivity index (χ2v) is 3.54. The van der Waals surface area contributed by atoms with Crippen LogP contribution in [0.3, 0.4) is 0 Å². The second-order valence-electron chi connectivity index (χ2n) is 2.76. The molecule has 5 heteroatoms. The average molecular weight is 230 g/mol. The van der Waals surface area contributed by atoms with E-state index >= 15 is 0 Å². The van der Waals surface area contributed by atoms with Gasteiger partial charge in [0.25, 0.3) is 0 Å². The number of fused-ring (bicyclic) bond motifs is 1. The lowest BCUT2D eigenvalue weighted by molar-refractivity contribution is 0.440. The summed E-state index contributed by atoms with van der Waals surface area (Å²) in [6.07, 6.45) is 0. The van der Waals surface area contributed by atoms with Crippen molar-refractivity contribution >= 4 is 34.1 Å². The molecule has 2 rings (SSSR count). The first kappa shape index (κ1) is 9.37. The fourth-order valence-corrected chi connectivity index (χ4v) is 1.56. The Morgan fingerprint density at radius 3 is 2.57 bits per heavy atom. The minimum atomic E-state index is -0.292. The highest BCUT2D eigenvalue weighted by Gasteiger charge is 2.09. The van der Waals surface area contributed by atoms with Gasteiger partial charge < -0.3 is 10.2 Å².